The first-order chi connectivity index (χ1) is 9.86. The fourth-order valence-corrected chi connectivity index (χ4v) is 1.76. The molecule has 0 bridgehead atoms. The van der Waals surface area contributed by atoms with Crippen molar-refractivity contribution >= 4 is 17.5 Å². The number of rotatable bonds is 7. The standard InChI is InChI=1S/C15H22FN3O2/c1-11(2)8-17-14(20)9-19(3)10-15(21)18-13-6-4-5-12(16)7-13/h4-7,11H,8-10H2,1-3H3,(H,17,20)(H,18,21)/p+1. The molecule has 1 aromatic carbocycles. The van der Waals surface area contributed by atoms with Gasteiger partial charge in [0.2, 0.25) is 0 Å². The van der Waals surface area contributed by atoms with Crippen molar-refractivity contribution in [3.8, 4) is 0 Å². The Bertz CT molecular complexity index is 492. The molecule has 116 valence electrons. The Labute approximate surface area is 124 Å². The second-order valence-corrected chi connectivity index (χ2v) is 5.57. The maximum atomic E-state index is 13.0. The van der Waals surface area contributed by atoms with Crippen molar-refractivity contribution in [2.75, 3.05) is 32.0 Å². The van der Waals surface area contributed by atoms with Crippen LogP contribution >= 0.6 is 0 Å². The molecule has 5 nitrogen and oxygen atoms in total. The molecular formula is C15H23FN3O2+. The molecule has 3 N–H and O–H groups in total. The SMILES string of the molecule is CC(C)CNC(=O)C[NH+](C)CC(=O)Nc1cccc(F)c1. The van der Waals surface area contributed by atoms with Crippen molar-refractivity contribution in [2.45, 2.75) is 13.8 Å². The van der Waals surface area contributed by atoms with E-state index in [1.165, 1.54) is 18.2 Å². The zero-order valence-corrected chi connectivity index (χ0v) is 12.7. The Kier molecular flexibility index (Phi) is 6.81. The monoisotopic (exact) mass is 296 g/mol. The highest BCUT2D eigenvalue weighted by Crippen LogP contribution is 2.08. The van der Waals surface area contributed by atoms with Gasteiger partial charge in [-0.3, -0.25) is 9.59 Å². The molecule has 2 amide bonds. The Balaban J connectivity index is 2.35. The minimum atomic E-state index is -0.401. The molecule has 0 aromatic heterocycles. The van der Waals surface area contributed by atoms with E-state index in [1.54, 1.807) is 13.1 Å². The molecule has 1 aromatic rings. The van der Waals surface area contributed by atoms with Gasteiger partial charge in [0.25, 0.3) is 11.8 Å². The maximum Gasteiger partial charge on any atom is 0.279 e. The van der Waals surface area contributed by atoms with Crippen LogP contribution in [0.2, 0.25) is 0 Å². The number of benzene rings is 1. The lowest BCUT2D eigenvalue weighted by Crippen LogP contribution is -3.11. The van der Waals surface area contributed by atoms with Crippen molar-refractivity contribution in [3.63, 3.8) is 0 Å². The molecular weight excluding hydrogens is 273 g/mol. The fraction of sp³-hybridized carbons (Fsp3) is 0.467. The summed E-state index contributed by atoms with van der Waals surface area (Å²) >= 11 is 0. The average molecular weight is 296 g/mol. The molecule has 0 saturated carbocycles. The molecule has 0 heterocycles. The van der Waals surface area contributed by atoms with E-state index in [0.717, 1.165) is 4.90 Å². The molecule has 21 heavy (non-hydrogen) atoms. The first-order valence-electron chi connectivity index (χ1n) is 7.00. The smallest absolute Gasteiger partial charge is 0.279 e. The fourth-order valence-electron chi connectivity index (χ4n) is 1.76. The van der Waals surface area contributed by atoms with Gasteiger partial charge in [-0.25, -0.2) is 4.39 Å². The Morgan fingerprint density at radius 2 is 1.90 bits per heavy atom. The van der Waals surface area contributed by atoms with Crippen LogP contribution in [0.25, 0.3) is 0 Å². The van der Waals surface area contributed by atoms with Crippen molar-refractivity contribution in [3.05, 3.63) is 30.1 Å². The van der Waals surface area contributed by atoms with Crippen molar-refractivity contribution in [2.24, 2.45) is 5.92 Å². The zero-order valence-electron chi connectivity index (χ0n) is 12.7. The van der Waals surface area contributed by atoms with E-state index >= 15 is 0 Å². The third-order valence-electron chi connectivity index (χ3n) is 2.74. The lowest BCUT2D eigenvalue weighted by molar-refractivity contribution is -0.862. The predicted octanol–water partition coefficient (Wildman–Crippen LogP) is 0.0511. The summed E-state index contributed by atoms with van der Waals surface area (Å²) < 4.78 is 13.0. The quantitative estimate of drug-likeness (QED) is 0.666. The summed E-state index contributed by atoms with van der Waals surface area (Å²) in [5.41, 5.74) is 0.414. The van der Waals surface area contributed by atoms with Crippen LogP contribution in [-0.2, 0) is 9.59 Å². The zero-order chi connectivity index (χ0) is 15.8. The van der Waals surface area contributed by atoms with E-state index in [1.807, 2.05) is 13.8 Å². The number of quaternary nitrogens is 1. The van der Waals surface area contributed by atoms with Crippen LogP contribution in [0, 0.1) is 11.7 Å². The van der Waals surface area contributed by atoms with Crippen LogP contribution in [0.1, 0.15) is 13.8 Å². The maximum absolute atomic E-state index is 13.0. The minimum absolute atomic E-state index is 0.0836. The lowest BCUT2D eigenvalue weighted by atomic mass is 10.2. The third kappa shape index (κ3) is 7.41. The van der Waals surface area contributed by atoms with E-state index in [4.69, 9.17) is 0 Å². The number of carbonyl (C=O) groups excluding carboxylic acids is 2. The summed E-state index contributed by atoms with van der Waals surface area (Å²) in [4.78, 5) is 24.2. The number of nitrogens with one attached hydrogen (secondary N) is 3. The van der Waals surface area contributed by atoms with Gasteiger partial charge >= 0.3 is 0 Å². The van der Waals surface area contributed by atoms with Gasteiger partial charge in [0.15, 0.2) is 13.1 Å². The lowest BCUT2D eigenvalue weighted by Gasteiger charge is -2.14. The summed E-state index contributed by atoms with van der Waals surface area (Å²) in [7, 11) is 1.76. The molecule has 6 heteroatoms. The van der Waals surface area contributed by atoms with Gasteiger partial charge in [0.05, 0.1) is 7.05 Å². The topological polar surface area (TPSA) is 62.6 Å². The third-order valence-corrected chi connectivity index (χ3v) is 2.74. The second-order valence-electron chi connectivity index (χ2n) is 5.57. The second kappa shape index (κ2) is 8.36. The summed E-state index contributed by atoms with van der Waals surface area (Å²) in [6, 6.07) is 5.71. The van der Waals surface area contributed by atoms with Crippen molar-refractivity contribution in [1.82, 2.24) is 5.32 Å². The largest absolute Gasteiger partial charge is 0.351 e. The highest BCUT2D eigenvalue weighted by Gasteiger charge is 2.14. The molecule has 0 radical (unpaired) electrons. The van der Waals surface area contributed by atoms with Crippen LogP contribution in [0.4, 0.5) is 10.1 Å². The number of halogens is 1. The number of hydrogen-bond acceptors (Lipinski definition) is 2. The van der Waals surface area contributed by atoms with Crippen LogP contribution in [0.15, 0.2) is 24.3 Å². The van der Waals surface area contributed by atoms with E-state index in [-0.39, 0.29) is 24.9 Å². The first kappa shape index (κ1) is 17.1. The van der Waals surface area contributed by atoms with Gasteiger partial charge in [-0.05, 0) is 24.1 Å². The first-order valence-corrected chi connectivity index (χ1v) is 7.00. The van der Waals surface area contributed by atoms with Crippen LogP contribution in [0.3, 0.4) is 0 Å². The number of amides is 2. The van der Waals surface area contributed by atoms with Gasteiger partial charge < -0.3 is 15.5 Å². The van der Waals surface area contributed by atoms with Gasteiger partial charge in [-0.2, -0.15) is 0 Å². The van der Waals surface area contributed by atoms with E-state index in [0.29, 0.717) is 18.2 Å². The molecule has 1 unspecified atom stereocenters. The summed E-state index contributed by atoms with van der Waals surface area (Å²) in [5.74, 6) is -0.346. The highest BCUT2D eigenvalue weighted by molar-refractivity contribution is 5.91. The molecule has 0 saturated heterocycles. The van der Waals surface area contributed by atoms with E-state index < -0.39 is 5.82 Å². The number of hydrogen-bond donors (Lipinski definition) is 3. The summed E-state index contributed by atoms with van der Waals surface area (Å²) in [6.07, 6.45) is 0. The van der Waals surface area contributed by atoms with Gasteiger partial charge in [-0.15, -0.1) is 0 Å². The van der Waals surface area contributed by atoms with Gasteiger partial charge in [-0.1, -0.05) is 19.9 Å². The Hall–Kier alpha value is -1.95. The molecule has 1 atom stereocenters. The molecule has 0 aliphatic heterocycles. The number of likely N-dealkylation sites (N-methyl/N-ethyl adjacent to an activating group) is 1. The van der Waals surface area contributed by atoms with Gasteiger partial charge in [0.1, 0.15) is 5.82 Å². The van der Waals surface area contributed by atoms with E-state index in [9.17, 15) is 14.0 Å². The van der Waals surface area contributed by atoms with Crippen LogP contribution in [-0.4, -0.2) is 38.5 Å². The molecule has 1 rings (SSSR count). The van der Waals surface area contributed by atoms with Crippen molar-refractivity contribution in [1.29, 1.82) is 0 Å². The Morgan fingerprint density at radius 1 is 1.24 bits per heavy atom. The number of anilines is 1. The van der Waals surface area contributed by atoms with Crippen molar-refractivity contribution < 1.29 is 18.9 Å². The molecule has 0 aliphatic carbocycles. The van der Waals surface area contributed by atoms with Crippen LogP contribution < -0.4 is 15.5 Å². The van der Waals surface area contributed by atoms with Gasteiger partial charge in [0, 0.05) is 12.2 Å². The predicted molar refractivity (Wildman–Crippen MR) is 79.5 cm³/mol. The normalized spacial score (nSPS) is 12.0. The Morgan fingerprint density at radius 3 is 2.52 bits per heavy atom. The number of carbonyl (C=O) groups is 2. The summed E-state index contributed by atoms with van der Waals surface area (Å²) in [6.45, 7) is 5.03. The van der Waals surface area contributed by atoms with E-state index in [2.05, 4.69) is 10.6 Å². The molecule has 0 aliphatic rings. The minimum Gasteiger partial charge on any atom is -0.351 e. The van der Waals surface area contributed by atoms with Crippen LogP contribution in [0.5, 0.6) is 0 Å². The average Bonchev–Trinajstić information content (AvgIpc) is 2.35. The molecule has 0 fully saturated rings. The molecule has 0 spiro atoms. The highest BCUT2D eigenvalue weighted by atomic mass is 19.1. The summed E-state index contributed by atoms with van der Waals surface area (Å²) in [5, 5.41) is 5.41.